The molecule has 0 aliphatic heterocycles. The zero-order valence-electron chi connectivity index (χ0n) is 10.4. The van der Waals surface area contributed by atoms with Crippen molar-refractivity contribution in [3.63, 3.8) is 0 Å². The molecule has 0 aliphatic rings. The lowest BCUT2D eigenvalue weighted by Gasteiger charge is -2.07. The van der Waals surface area contributed by atoms with E-state index in [1.807, 2.05) is 26.0 Å². The maximum atomic E-state index is 11.7. The van der Waals surface area contributed by atoms with Crippen molar-refractivity contribution in [1.82, 2.24) is 5.32 Å². The molecule has 1 amide bonds. The third-order valence-electron chi connectivity index (χ3n) is 2.71. The van der Waals surface area contributed by atoms with Crippen molar-refractivity contribution in [3.8, 4) is 0 Å². The highest BCUT2D eigenvalue weighted by Crippen LogP contribution is 2.30. The Morgan fingerprint density at radius 2 is 2.06 bits per heavy atom. The van der Waals surface area contributed by atoms with Crippen molar-refractivity contribution in [1.29, 1.82) is 0 Å². The fraction of sp³-hybridized carbons (Fsp3) is 0.357. The summed E-state index contributed by atoms with van der Waals surface area (Å²) in [5.41, 5.74) is 1.24. The van der Waals surface area contributed by atoms with Gasteiger partial charge in [0.2, 0.25) is 5.91 Å². The van der Waals surface area contributed by atoms with Crippen LogP contribution < -0.4 is 5.32 Å². The molecule has 0 aliphatic carbocycles. The Morgan fingerprint density at radius 3 is 2.71 bits per heavy atom. The van der Waals surface area contributed by atoms with Gasteiger partial charge < -0.3 is 5.32 Å². The van der Waals surface area contributed by atoms with Crippen LogP contribution in [0.1, 0.15) is 24.3 Å². The van der Waals surface area contributed by atoms with Crippen LogP contribution in [0, 0.1) is 6.92 Å². The summed E-state index contributed by atoms with van der Waals surface area (Å²) < 4.78 is 1.26. The highest BCUT2D eigenvalue weighted by molar-refractivity contribution is 7.19. The summed E-state index contributed by atoms with van der Waals surface area (Å²) in [4.78, 5) is 12.9. The maximum absolute atomic E-state index is 11.7. The molecule has 3 heteroatoms. The lowest BCUT2D eigenvalue weighted by atomic mass is 10.1. The monoisotopic (exact) mass is 247 g/mol. The molecule has 2 rings (SSSR count). The third-order valence-corrected chi connectivity index (χ3v) is 3.99. The number of carbonyl (C=O) groups is 1. The molecule has 1 aromatic carbocycles. The fourth-order valence-corrected chi connectivity index (χ4v) is 3.12. The van der Waals surface area contributed by atoms with Gasteiger partial charge in [-0.1, -0.05) is 18.2 Å². The van der Waals surface area contributed by atoms with Gasteiger partial charge in [-0.3, -0.25) is 4.79 Å². The topological polar surface area (TPSA) is 29.1 Å². The van der Waals surface area contributed by atoms with Gasteiger partial charge in [0.15, 0.2) is 0 Å². The summed E-state index contributed by atoms with van der Waals surface area (Å²) in [6.07, 6.45) is 0.489. The number of carbonyl (C=O) groups excluding carboxylic acids is 1. The molecule has 2 aromatic rings. The predicted octanol–water partition coefficient (Wildman–Crippen LogP) is 3.28. The van der Waals surface area contributed by atoms with E-state index in [2.05, 4.69) is 24.4 Å². The second-order valence-electron chi connectivity index (χ2n) is 4.55. The number of hydrogen-bond acceptors (Lipinski definition) is 2. The van der Waals surface area contributed by atoms with Crippen LogP contribution in [0.15, 0.2) is 24.3 Å². The van der Waals surface area contributed by atoms with Crippen LogP contribution in [0.5, 0.6) is 0 Å². The van der Waals surface area contributed by atoms with Crippen molar-refractivity contribution in [3.05, 3.63) is 34.7 Å². The highest BCUT2D eigenvalue weighted by atomic mass is 32.1. The summed E-state index contributed by atoms with van der Waals surface area (Å²) >= 11 is 1.72. The number of benzene rings is 1. The number of amides is 1. The molecule has 2 nitrogen and oxygen atoms in total. The van der Waals surface area contributed by atoms with E-state index < -0.39 is 0 Å². The van der Waals surface area contributed by atoms with Crippen LogP contribution in [0.2, 0.25) is 0 Å². The molecule has 0 radical (unpaired) electrons. The first kappa shape index (κ1) is 12.1. The van der Waals surface area contributed by atoms with Crippen LogP contribution >= 0.6 is 11.3 Å². The SMILES string of the molecule is Cc1c(CC(=O)NC(C)C)sc2ccccc12. The van der Waals surface area contributed by atoms with Gasteiger partial charge in [0.1, 0.15) is 0 Å². The molecule has 1 N–H and O–H groups in total. The van der Waals surface area contributed by atoms with Gasteiger partial charge in [-0.15, -0.1) is 11.3 Å². The number of thiophene rings is 1. The summed E-state index contributed by atoms with van der Waals surface area (Å²) in [7, 11) is 0. The molecule has 0 fully saturated rings. The van der Waals surface area contributed by atoms with E-state index in [1.54, 1.807) is 11.3 Å². The number of hydrogen-bond donors (Lipinski definition) is 1. The molecule has 1 heterocycles. The van der Waals surface area contributed by atoms with E-state index >= 15 is 0 Å². The molecule has 0 unspecified atom stereocenters. The normalized spacial score (nSPS) is 11.1. The Hall–Kier alpha value is -1.35. The van der Waals surface area contributed by atoms with E-state index in [0.717, 1.165) is 0 Å². The standard InChI is InChI=1S/C14H17NOS/c1-9(2)15-14(16)8-13-10(3)11-6-4-5-7-12(11)17-13/h4-7,9H,8H2,1-3H3,(H,15,16). The average Bonchev–Trinajstić information content (AvgIpc) is 2.55. The lowest BCUT2D eigenvalue weighted by molar-refractivity contribution is -0.120. The zero-order valence-corrected chi connectivity index (χ0v) is 11.2. The molecule has 0 atom stereocenters. The maximum Gasteiger partial charge on any atom is 0.225 e. The summed E-state index contributed by atoms with van der Waals surface area (Å²) in [6, 6.07) is 8.51. The Morgan fingerprint density at radius 1 is 1.35 bits per heavy atom. The van der Waals surface area contributed by atoms with Crippen LogP contribution in [-0.2, 0) is 11.2 Å². The summed E-state index contributed by atoms with van der Waals surface area (Å²) in [6.45, 7) is 6.06. The van der Waals surface area contributed by atoms with Gasteiger partial charge in [-0.25, -0.2) is 0 Å². The fourth-order valence-electron chi connectivity index (χ4n) is 1.91. The van der Waals surface area contributed by atoms with Crippen LogP contribution in [-0.4, -0.2) is 11.9 Å². The summed E-state index contributed by atoms with van der Waals surface area (Å²) in [5.74, 6) is 0.106. The van der Waals surface area contributed by atoms with Crippen LogP contribution in [0.25, 0.3) is 10.1 Å². The minimum absolute atomic E-state index is 0.106. The zero-order chi connectivity index (χ0) is 12.4. The Kier molecular flexibility index (Phi) is 3.48. The van der Waals surface area contributed by atoms with Crippen molar-refractivity contribution in [2.75, 3.05) is 0 Å². The molecule has 0 saturated heterocycles. The number of nitrogens with one attached hydrogen (secondary N) is 1. The molecule has 0 spiro atoms. The molecule has 90 valence electrons. The van der Waals surface area contributed by atoms with Crippen LogP contribution in [0.4, 0.5) is 0 Å². The second kappa shape index (κ2) is 4.88. The Bertz CT molecular complexity index is 542. The second-order valence-corrected chi connectivity index (χ2v) is 5.68. The summed E-state index contributed by atoms with van der Waals surface area (Å²) in [5, 5.41) is 4.20. The third kappa shape index (κ3) is 2.67. The van der Waals surface area contributed by atoms with Crippen LogP contribution in [0.3, 0.4) is 0 Å². The minimum Gasteiger partial charge on any atom is -0.354 e. The molecule has 1 aromatic heterocycles. The van der Waals surface area contributed by atoms with Crippen molar-refractivity contribution in [2.24, 2.45) is 0 Å². The molecular formula is C14H17NOS. The Labute approximate surface area is 106 Å². The minimum atomic E-state index is 0.106. The molecule has 17 heavy (non-hydrogen) atoms. The molecule has 0 bridgehead atoms. The smallest absolute Gasteiger partial charge is 0.225 e. The van der Waals surface area contributed by atoms with Crippen molar-refractivity contribution in [2.45, 2.75) is 33.2 Å². The van der Waals surface area contributed by atoms with Gasteiger partial charge in [-0.05, 0) is 37.8 Å². The van der Waals surface area contributed by atoms with Crippen molar-refractivity contribution < 1.29 is 4.79 Å². The van der Waals surface area contributed by atoms with E-state index in [9.17, 15) is 4.79 Å². The largest absolute Gasteiger partial charge is 0.354 e. The van der Waals surface area contributed by atoms with Crippen molar-refractivity contribution >= 4 is 27.3 Å². The Balaban J connectivity index is 2.24. The molecule has 0 saturated carbocycles. The number of aryl methyl sites for hydroxylation is 1. The predicted molar refractivity (Wildman–Crippen MR) is 73.5 cm³/mol. The first-order valence-electron chi connectivity index (χ1n) is 5.84. The van der Waals surface area contributed by atoms with Gasteiger partial charge in [0.05, 0.1) is 6.42 Å². The molecular weight excluding hydrogens is 230 g/mol. The van der Waals surface area contributed by atoms with Gasteiger partial charge in [0, 0.05) is 15.6 Å². The van der Waals surface area contributed by atoms with E-state index in [-0.39, 0.29) is 11.9 Å². The van der Waals surface area contributed by atoms with Gasteiger partial charge in [0.25, 0.3) is 0 Å². The first-order valence-corrected chi connectivity index (χ1v) is 6.66. The van der Waals surface area contributed by atoms with E-state index in [1.165, 1.54) is 20.5 Å². The quantitative estimate of drug-likeness (QED) is 0.886. The van der Waals surface area contributed by atoms with Gasteiger partial charge >= 0.3 is 0 Å². The lowest BCUT2D eigenvalue weighted by Crippen LogP contribution is -2.31. The van der Waals surface area contributed by atoms with E-state index in [4.69, 9.17) is 0 Å². The van der Waals surface area contributed by atoms with E-state index in [0.29, 0.717) is 6.42 Å². The first-order chi connectivity index (χ1) is 8.08. The number of rotatable bonds is 3. The highest BCUT2D eigenvalue weighted by Gasteiger charge is 2.12. The van der Waals surface area contributed by atoms with Gasteiger partial charge in [-0.2, -0.15) is 0 Å². The average molecular weight is 247 g/mol. The number of fused-ring (bicyclic) bond motifs is 1.